The lowest BCUT2D eigenvalue weighted by molar-refractivity contribution is 0.941. The predicted molar refractivity (Wildman–Crippen MR) is 68.0 cm³/mol. The molecular weight excluding hydrogens is 238 g/mol. The third kappa shape index (κ3) is 2.81. The van der Waals surface area contributed by atoms with Crippen molar-refractivity contribution in [3.05, 3.63) is 35.7 Å². The van der Waals surface area contributed by atoms with Gasteiger partial charge in [0.1, 0.15) is 6.33 Å². The normalized spacial score (nSPS) is 10.6. The van der Waals surface area contributed by atoms with Crippen LogP contribution in [0.2, 0.25) is 0 Å². The van der Waals surface area contributed by atoms with Gasteiger partial charge in [-0.25, -0.2) is 4.98 Å². The van der Waals surface area contributed by atoms with Crippen molar-refractivity contribution in [2.24, 2.45) is 5.73 Å². The fourth-order valence-corrected chi connectivity index (χ4v) is 3.00. The van der Waals surface area contributed by atoms with Crippen LogP contribution in [0.25, 0.3) is 0 Å². The lowest BCUT2D eigenvalue weighted by atomic mass is 10.1. The van der Waals surface area contributed by atoms with Crippen LogP contribution in [0.3, 0.4) is 0 Å². The minimum atomic E-state index is 0.674. The first-order valence-electron chi connectivity index (χ1n) is 5.03. The summed E-state index contributed by atoms with van der Waals surface area (Å²) >= 11 is 3.08. The molecule has 2 rings (SSSR count). The Kier molecular flexibility index (Phi) is 3.93. The lowest BCUT2D eigenvalue weighted by Crippen LogP contribution is -2.03. The second-order valence-electron chi connectivity index (χ2n) is 3.46. The van der Waals surface area contributed by atoms with Crippen LogP contribution in [0.4, 0.5) is 0 Å². The number of benzene rings is 1. The molecule has 1 aromatic heterocycles. The van der Waals surface area contributed by atoms with Gasteiger partial charge in [-0.2, -0.15) is 4.37 Å². The Morgan fingerprint density at radius 1 is 1.44 bits per heavy atom. The first-order valence-corrected chi connectivity index (χ1v) is 6.62. The fraction of sp³-hybridized carbons (Fsp3) is 0.273. The second-order valence-corrected chi connectivity index (χ2v) is 5.53. The molecule has 0 saturated heterocycles. The number of rotatable bonds is 4. The van der Waals surface area contributed by atoms with Crippen LogP contribution in [0, 0.1) is 6.92 Å². The van der Waals surface area contributed by atoms with Crippen LogP contribution < -0.4 is 5.73 Å². The molecule has 0 saturated carbocycles. The largest absolute Gasteiger partial charge is 0.330 e. The summed E-state index contributed by atoms with van der Waals surface area (Å²) in [5, 5.41) is 0. The van der Waals surface area contributed by atoms with E-state index in [2.05, 4.69) is 34.5 Å². The topological polar surface area (TPSA) is 51.8 Å². The van der Waals surface area contributed by atoms with Gasteiger partial charge in [-0.15, -0.1) is 0 Å². The van der Waals surface area contributed by atoms with Crippen molar-refractivity contribution in [1.29, 1.82) is 0 Å². The van der Waals surface area contributed by atoms with Crippen LogP contribution in [0.15, 0.2) is 33.8 Å². The minimum absolute atomic E-state index is 0.674. The first-order chi connectivity index (χ1) is 7.79. The molecule has 84 valence electrons. The molecule has 0 aliphatic heterocycles. The summed E-state index contributed by atoms with van der Waals surface area (Å²) in [5.74, 6) is 0. The third-order valence-corrected chi connectivity index (χ3v) is 4.00. The highest BCUT2D eigenvalue weighted by atomic mass is 32.2. The predicted octanol–water partition coefficient (Wildman–Crippen LogP) is 2.50. The van der Waals surface area contributed by atoms with E-state index in [0.717, 1.165) is 10.8 Å². The molecule has 0 bridgehead atoms. The summed E-state index contributed by atoms with van der Waals surface area (Å²) in [6.45, 7) is 2.77. The van der Waals surface area contributed by atoms with Crippen molar-refractivity contribution in [3.8, 4) is 0 Å². The highest BCUT2D eigenvalue weighted by molar-refractivity contribution is 8.01. The van der Waals surface area contributed by atoms with Gasteiger partial charge in [-0.05, 0) is 43.1 Å². The highest BCUT2D eigenvalue weighted by Gasteiger charge is 2.06. The van der Waals surface area contributed by atoms with Crippen LogP contribution in [0.1, 0.15) is 11.1 Å². The van der Waals surface area contributed by atoms with Crippen LogP contribution in [0.5, 0.6) is 0 Å². The van der Waals surface area contributed by atoms with Crippen LogP contribution >= 0.6 is 23.3 Å². The first kappa shape index (κ1) is 11.6. The molecule has 2 aromatic rings. The van der Waals surface area contributed by atoms with E-state index >= 15 is 0 Å². The van der Waals surface area contributed by atoms with Gasteiger partial charge in [-0.3, -0.25) is 0 Å². The van der Waals surface area contributed by atoms with Gasteiger partial charge in [0.25, 0.3) is 0 Å². The Morgan fingerprint density at radius 3 is 3.00 bits per heavy atom. The van der Waals surface area contributed by atoms with Crippen LogP contribution in [-0.2, 0) is 6.42 Å². The maximum atomic E-state index is 5.62. The minimum Gasteiger partial charge on any atom is -0.330 e. The maximum Gasteiger partial charge on any atom is 0.174 e. The molecule has 0 aliphatic carbocycles. The van der Waals surface area contributed by atoms with Crippen molar-refractivity contribution in [2.45, 2.75) is 22.6 Å². The molecule has 3 nitrogen and oxygen atoms in total. The molecule has 0 fully saturated rings. The highest BCUT2D eigenvalue weighted by Crippen LogP contribution is 2.31. The number of aryl methyl sites for hydroxylation is 1. The van der Waals surface area contributed by atoms with Gasteiger partial charge < -0.3 is 5.73 Å². The molecule has 0 unspecified atom stereocenters. The van der Waals surface area contributed by atoms with E-state index in [1.807, 2.05) is 0 Å². The molecule has 2 N–H and O–H groups in total. The summed E-state index contributed by atoms with van der Waals surface area (Å²) in [6.07, 6.45) is 2.49. The average molecular weight is 251 g/mol. The zero-order valence-corrected chi connectivity index (χ0v) is 10.6. The summed E-state index contributed by atoms with van der Waals surface area (Å²) < 4.78 is 4.97. The molecule has 16 heavy (non-hydrogen) atoms. The lowest BCUT2D eigenvalue weighted by Gasteiger charge is -2.07. The number of hydrogen-bond donors (Lipinski definition) is 1. The molecule has 5 heteroatoms. The van der Waals surface area contributed by atoms with Gasteiger partial charge >= 0.3 is 0 Å². The van der Waals surface area contributed by atoms with Crippen LogP contribution in [-0.4, -0.2) is 15.9 Å². The molecule has 0 spiro atoms. The number of hydrogen-bond acceptors (Lipinski definition) is 5. The molecule has 1 aromatic carbocycles. The van der Waals surface area contributed by atoms with E-state index in [1.165, 1.54) is 27.6 Å². The third-order valence-electron chi connectivity index (χ3n) is 2.17. The summed E-state index contributed by atoms with van der Waals surface area (Å²) in [7, 11) is 0. The Balaban J connectivity index is 2.25. The molecule has 0 atom stereocenters. The number of aromatic nitrogens is 2. The standard InChI is InChI=1S/C11H13N3S2/c1-8-2-3-10(9(6-8)4-5-12)15-11-13-7-14-16-11/h2-3,6-7H,4-5,12H2,1H3. The van der Waals surface area contributed by atoms with Crippen molar-refractivity contribution < 1.29 is 0 Å². The Morgan fingerprint density at radius 2 is 2.31 bits per heavy atom. The molecule has 1 heterocycles. The Hall–Kier alpha value is -0.910. The molecule has 0 amide bonds. The fourth-order valence-electron chi connectivity index (χ4n) is 1.46. The summed E-state index contributed by atoms with van der Waals surface area (Å²) in [5.41, 5.74) is 8.18. The van der Waals surface area contributed by atoms with E-state index in [0.29, 0.717) is 6.54 Å². The Bertz CT molecular complexity index is 454. The van der Waals surface area contributed by atoms with E-state index in [1.54, 1.807) is 18.1 Å². The molecule has 0 radical (unpaired) electrons. The van der Waals surface area contributed by atoms with E-state index < -0.39 is 0 Å². The van der Waals surface area contributed by atoms with Gasteiger partial charge in [-0.1, -0.05) is 29.5 Å². The quantitative estimate of drug-likeness (QED) is 0.907. The SMILES string of the molecule is Cc1ccc(Sc2ncns2)c(CCN)c1. The Labute approximate surface area is 103 Å². The van der Waals surface area contributed by atoms with Gasteiger partial charge in [0.05, 0.1) is 0 Å². The maximum absolute atomic E-state index is 5.62. The molecular formula is C11H13N3S2. The number of nitrogens with two attached hydrogens (primary N) is 1. The van der Waals surface area contributed by atoms with E-state index in [4.69, 9.17) is 5.73 Å². The van der Waals surface area contributed by atoms with Crippen molar-refractivity contribution in [2.75, 3.05) is 6.54 Å². The van der Waals surface area contributed by atoms with Gasteiger partial charge in [0.2, 0.25) is 0 Å². The molecule has 0 aliphatic rings. The van der Waals surface area contributed by atoms with Gasteiger partial charge in [0.15, 0.2) is 4.34 Å². The average Bonchev–Trinajstić information content (AvgIpc) is 2.75. The van der Waals surface area contributed by atoms with Crippen molar-refractivity contribution >= 4 is 23.3 Å². The van der Waals surface area contributed by atoms with E-state index in [-0.39, 0.29) is 0 Å². The van der Waals surface area contributed by atoms with Crippen molar-refractivity contribution in [3.63, 3.8) is 0 Å². The number of nitrogens with zero attached hydrogens (tertiary/aromatic N) is 2. The van der Waals surface area contributed by atoms with Crippen molar-refractivity contribution in [1.82, 2.24) is 9.36 Å². The smallest absolute Gasteiger partial charge is 0.174 e. The zero-order valence-electron chi connectivity index (χ0n) is 9.01. The van der Waals surface area contributed by atoms with E-state index in [9.17, 15) is 0 Å². The second kappa shape index (κ2) is 5.43. The summed E-state index contributed by atoms with van der Waals surface area (Å²) in [4.78, 5) is 5.40. The summed E-state index contributed by atoms with van der Waals surface area (Å²) in [6, 6.07) is 6.44. The monoisotopic (exact) mass is 251 g/mol. The van der Waals surface area contributed by atoms with Gasteiger partial charge in [0, 0.05) is 4.90 Å². The zero-order chi connectivity index (χ0) is 11.4.